The van der Waals surface area contributed by atoms with Gasteiger partial charge in [-0.15, -0.1) is 0 Å². The van der Waals surface area contributed by atoms with Gasteiger partial charge in [-0.25, -0.2) is 9.37 Å². The molecule has 0 aliphatic heterocycles. The quantitative estimate of drug-likeness (QED) is 0.683. The third-order valence-corrected chi connectivity index (χ3v) is 3.46. The van der Waals surface area contributed by atoms with E-state index in [0.29, 0.717) is 21.1 Å². The first-order valence-corrected chi connectivity index (χ1v) is 6.38. The molecular formula is C13H9ClFN3S. The van der Waals surface area contributed by atoms with E-state index in [1.165, 1.54) is 6.07 Å². The second-order valence-corrected chi connectivity index (χ2v) is 5.01. The van der Waals surface area contributed by atoms with E-state index in [1.807, 2.05) is 13.0 Å². The van der Waals surface area contributed by atoms with Crippen molar-refractivity contribution in [2.45, 2.75) is 6.92 Å². The Balaban J connectivity index is 2.40. The summed E-state index contributed by atoms with van der Waals surface area (Å²) in [6.07, 6.45) is 1.67. The zero-order valence-corrected chi connectivity index (χ0v) is 11.5. The summed E-state index contributed by atoms with van der Waals surface area (Å²) in [6, 6.07) is 6.34. The number of aromatic nitrogens is 3. The highest BCUT2D eigenvalue weighted by Crippen LogP contribution is 2.23. The number of hydrogen-bond acceptors (Lipinski definition) is 2. The molecule has 0 amide bonds. The summed E-state index contributed by atoms with van der Waals surface area (Å²) >= 11 is 11.0. The molecule has 1 N–H and O–H groups in total. The molecule has 1 aromatic carbocycles. The monoisotopic (exact) mass is 293 g/mol. The average Bonchev–Trinajstić information content (AvgIpc) is 2.68. The van der Waals surface area contributed by atoms with E-state index >= 15 is 0 Å². The number of imidazole rings is 1. The van der Waals surface area contributed by atoms with Crippen LogP contribution in [0, 0.1) is 17.5 Å². The fourth-order valence-electron chi connectivity index (χ4n) is 2.01. The number of pyridine rings is 1. The van der Waals surface area contributed by atoms with E-state index in [9.17, 15) is 4.39 Å². The predicted molar refractivity (Wildman–Crippen MR) is 76.0 cm³/mol. The molecule has 6 heteroatoms. The number of halogens is 2. The zero-order valence-electron chi connectivity index (χ0n) is 9.95. The molecule has 19 heavy (non-hydrogen) atoms. The number of nitrogens with zero attached hydrogens (tertiary/aromatic N) is 2. The summed E-state index contributed by atoms with van der Waals surface area (Å²) in [5, 5.41) is 0.344. The van der Waals surface area contributed by atoms with Gasteiger partial charge in [0.05, 0.1) is 11.2 Å². The maximum Gasteiger partial charge on any atom is 0.184 e. The minimum absolute atomic E-state index is 0.332. The summed E-state index contributed by atoms with van der Waals surface area (Å²) < 4.78 is 16.0. The molecule has 0 aliphatic carbocycles. The SMILES string of the molecule is Cc1ccnc2c1[nH]c(=S)n2-c1ccc(Cl)cc1F. The van der Waals surface area contributed by atoms with Gasteiger partial charge in [0.2, 0.25) is 0 Å². The van der Waals surface area contributed by atoms with Gasteiger partial charge in [0.15, 0.2) is 10.4 Å². The second kappa shape index (κ2) is 4.43. The average molecular weight is 294 g/mol. The molecule has 3 nitrogen and oxygen atoms in total. The summed E-state index contributed by atoms with van der Waals surface area (Å²) in [4.78, 5) is 7.32. The number of benzene rings is 1. The molecule has 96 valence electrons. The van der Waals surface area contributed by atoms with Crippen molar-refractivity contribution in [1.82, 2.24) is 14.5 Å². The summed E-state index contributed by atoms with van der Waals surface area (Å²) in [5.74, 6) is -0.437. The van der Waals surface area contributed by atoms with Crippen LogP contribution in [0.3, 0.4) is 0 Å². The second-order valence-electron chi connectivity index (χ2n) is 4.19. The molecule has 0 unspecified atom stereocenters. The van der Waals surface area contributed by atoms with Gasteiger partial charge in [-0.1, -0.05) is 11.6 Å². The van der Waals surface area contributed by atoms with Gasteiger partial charge in [0, 0.05) is 11.2 Å². The zero-order chi connectivity index (χ0) is 13.6. The largest absolute Gasteiger partial charge is 0.329 e. The molecule has 3 rings (SSSR count). The first-order chi connectivity index (χ1) is 9.08. The van der Waals surface area contributed by atoms with E-state index in [1.54, 1.807) is 22.9 Å². The maximum atomic E-state index is 14.0. The predicted octanol–water partition coefficient (Wildman–Crippen LogP) is 4.18. The van der Waals surface area contributed by atoms with Crippen LogP contribution in [0.5, 0.6) is 0 Å². The van der Waals surface area contributed by atoms with E-state index in [0.717, 1.165) is 11.1 Å². The Morgan fingerprint density at radius 3 is 2.89 bits per heavy atom. The molecule has 2 aromatic heterocycles. The lowest BCUT2D eigenvalue weighted by Crippen LogP contribution is -1.99. The Morgan fingerprint density at radius 1 is 1.37 bits per heavy atom. The van der Waals surface area contributed by atoms with E-state index < -0.39 is 5.82 Å². The van der Waals surface area contributed by atoms with E-state index in [2.05, 4.69) is 9.97 Å². The van der Waals surface area contributed by atoms with Crippen LogP contribution in [0.25, 0.3) is 16.9 Å². The number of aryl methyl sites for hydroxylation is 1. The fraction of sp³-hybridized carbons (Fsp3) is 0.0769. The number of H-pyrrole nitrogens is 1. The molecular weight excluding hydrogens is 285 g/mol. The standard InChI is InChI=1S/C13H9ClFN3S/c1-7-4-5-16-12-11(7)17-13(19)18(12)10-3-2-8(14)6-9(10)15/h2-6H,1H3,(H,17,19). The van der Waals surface area contributed by atoms with Gasteiger partial charge in [0.1, 0.15) is 5.82 Å². The molecule has 3 aromatic rings. The van der Waals surface area contributed by atoms with Crippen molar-refractivity contribution < 1.29 is 4.39 Å². The van der Waals surface area contributed by atoms with Crippen LogP contribution in [0.15, 0.2) is 30.5 Å². The Bertz CT molecular complexity index is 838. The van der Waals surface area contributed by atoms with Crippen LogP contribution in [0.2, 0.25) is 5.02 Å². The Morgan fingerprint density at radius 2 is 2.16 bits per heavy atom. The number of fused-ring (bicyclic) bond motifs is 1. The van der Waals surface area contributed by atoms with Gasteiger partial charge >= 0.3 is 0 Å². The molecule has 0 bridgehead atoms. The lowest BCUT2D eigenvalue weighted by Gasteiger charge is -2.05. The molecule has 2 heterocycles. The molecule has 0 fully saturated rings. The van der Waals surface area contributed by atoms with Crippen molar-refractivity contribution in [3.8, 4) is 5.69 Å². The third-order valence-electron chi connectivity index (χ3n) is 2.94. The molecule has 0 spiro atoms. The molecule has 0 radical (unpaired) electrons. The minimum Gasteiger partial charge on any atom is -0.329 e. The van der Waals surface area contributed by atoms with Crippen LogP contribution >= 0.6 is 23.8 Å². The summed E-state index contributed by atoms with van der Waals surface area (Å²) in [5.41, 5.74) is 2.75. The van der Waals surface area contributed by atoms with E-state index in [4.69, 9.17) is 23.8 Å². The topological polar surface area (TPSA) is 33.6 Å². The number of nitrogens with one attached hydrogen (secondary N) is 1. The van der Waals surface area contributed by atoms with E-state index in [-0.39, 0.29) is 0 Å². The normalized spacial score (nSPS) is 11.1. The van der Waals surface area contributed by atoms with Gasteiger partial charge in [-0.05, 0) is 49.0 Å². The lowest BCUT2D eigenvalue weighted by atomic mass is 10.2. The Labute approximate surface area is 118 Å². The highest BCUT2D eigenvalue weighted by atomic mass is 35.5. The van der Waals surface area contributed by atoms with Crippen molar-refractivity contribution in [3.05, 3.63) is 51.6 Å². The fourth-order valence-corrected chi connectivity index (χ4v) is 2.46. The Kier molecular flexibility index (Phi) is 2.88. The Hall–Kier alpha value is -1.72. The summed E-state index contributed by atoms with van der Waals surface area (Å²) in [7, 11) is 0. The van der Waals surface area contributed by atoms with Crippen molar-refractivity contribution in [1.29, 1.82) is 0 Å². The van der Waals surface area contributed by atoms with Crippen LogP contribution in [0.4, 0.5) is 4.39 Å². The number of rotatable bonds is 1. The maximum absolute atomic E-state index is 14.0. The number of hydrogen-bond donors (Lipinski definition) is 1. The highest BCUT2D eigenvalue weighted by molar-refractivity contribution is 7.71. The first-order valence-electron chi connectivity index (χ1n) is 5.59. The minimum atomic E-state index is -0.437. The highest BCUT2D eigenvalue weighted by Gasteiger charge is 2.13. The van der Waals surface area contributed by atoms with Crippen LogP contribution in [-0.2, 0) is 0 Å². The van der Waals surface area contributed by atoms with Gasteiger partial charge in [0.25, 0.3) is 0 Å². The van der Waals surface area contributed by atoms with Gasteiger partial charge in [-0.3, -0.25) is 4.57 Å². The van der Waals surface area contributed by atoms with Crippen LogP contribution < -0.4 is 0 Å². The van der Waals surface area contributed by atoms with Crippen LogP contribution in [-0.4, -0.2) is 14.5 Å². The first kappa shape index (κ1) is 12.3. The van der Waals surface area contributed by atoms with Crippen molar-refractivity contribution >= 4 is 35.0 Å². The third kappa shape index (κ3) is 1.95. The lowest BCUT2D eigenvalue weighted by molar-refractivity contribution is 0.618. The van der Waals surface area contributed by atoms with Crippen molar-refractivity contribution in [2.75, 3.05) is 0 Å². The van der Waals surface area contributed by atoms with Crippen molar-refractivity contribution in [2.24, 2.45) is 0 Å². The van der Waals surface area contributed by atoms with Crippen LogP contribution in [0.1, 0.15) is 5.56 Å². The summed E-state index contributed by atoms with van der Waals surface area (Å²) in [6.45, 7) is 1.94. The van der Waals surface area contributed by atoms with Crippen molar-refractivity contribution in [3.63, 3.8) is 0 Å². The smallest absolute Gasteiger partial charge is 0.184 e. The number of aromatic amines is 1. The molecule has 0 saturated carbocycles. The van der Waals surface area contributed by atoms with Gasteiger partial charge in [-0.2, -0.15) is 0 Å². The molecule has 0 saturated heterocycles. The molecule has 0 atom stereocenters. The van der Waals surface area contributed by atoms with Gasteiger partial charge < -0.3 is 4.98 Å². The molecule has 0 aliphatic rings.